The molecule has 0 fully saturated rings. The maximum absolute atomic E-state index is 11.7. The Bertz CT molecular complexity index is 313. The van der Waals surface area contributed by atoms with Gasteiger partial charge in [-0.15, -0.1) is 0 Å². The van der Waals surface area contributed by atoms with Crippen molar-refractivity contribution in [2.45, 2.75) is 32.2 Å². The fourth-order valence-electron chi connectivity index (χ4n) is 1.46. The average molecular weight is 199 g/mol. The zero-order valence-electron chi connectivity index (χ0n) is 7.78. The minimum atomic E-state index is -0.866. The molecule has 13 heavy (non-hydrogen) atoms. The summed E-state index contributed by atoms with van der Waals surface area (Å²) in [6.45, 7) is 5.44. The van der Waals surface area contributed by atoms with E-state index >= 15 is 0 Å². The number of hydrogen-bond acceptors (Lipinski definition) is 2. The molecule has 2 rings (SSSR count). The third kappa shape index (κ3) is 1.53. The Hall–Kier alpha value is -0.680. The van der Waals surface area contributed by atoms with Gasteiger partial charge in [0.05, 0.1) is 29.4 Å². The first-order valence-corrected chi connectivity index (χ1v) is 5.52. The van der Waals surface area contributed by atoms with Gasteiger partial charge in [0.2, 0.25) is 0 Å². The molecule has 72 valence electrons. The predicted octanol–water partition coefficient (Wildman–Crippen LogP) is 0.797. The lowest BCUT2D eigenvalue weighted by Gasteiger charge is -2.16. The first-order valence-electron chi connectivity index (χ1n) is 4.35. The number of aromatic nitrogens is 2. The minimum Gasteiger partial charge on any atom is -0.281 e. The monoisotopic (exact) mass is 199 g/mol. The van der Waals surface area contributed by atoms with E-state index in [0.29, 0.717) is 0 Å². The number of aromatic amines is 1. The van der Waals surface area contributed by atoms with E-state index in [-0.39, 0.29) is 5.25 Å². The standard InChI is InChI=1S/C8H13N3OS/c1-6(2)13(12)11-4-7-3-9-10-8(7)5-11/h3,6H,4-5H2,1-2H3,(H,9,10). The molecular weight excluding hydrogens is 186 g/mol. The van der Waals surface area contributed by atoms with Crippen LogP contribution in [0.4, 0.5) is 0 Å². The van der Waals surface area contributed by atoms with Crippen LogP contribution in [0.3, 0.4) is 0 Å². The van der Waals surface area contributed by atoms with Crippen LogP contribution in [-0.2, 0) is 24.1 Å². The molecule has 0 spiro atoms. The van der Waals surface area contributed by atoms with Gasteiger partial charge >= 0.3 is 0 Å². The molecule has 0 saturated carbocycles. The van der Waals surface area contributed by atoms with E-state index in [1.165, 1.54) is 5.56 Å². The fourth-order valence-corrected chi connectivity index (χ4v) is 2.58. The quantitative estimate of drug-likeness (QED) is 0.765. The van der Waals surface area contributed by atoms with Crippen LogP contribution in [0.25, 0.3) is 0 Å². The normalized spacial score (nSPS) is 19.3. The van der Waals surface area contributed by atoms with Crippen LogP contribution in [0.1, 0.15) is 25.1 Å². The van der Waals surface area contributed by atoms with Gasteiger partial charge in [-0.25, -0.2) is 8.51 Å². The van der Waals surface area contributed by atoms with Crippen LogP contribution in [0.15, 0.2) is 6.20 Å². The lowest BCUT2D eigenvalue weighted by molar-refractivity contribution is 0.463. The van der Waals surface area contributed by atoms with E-state index in [9.17, 15) is 4.21 Å². The molecule has 4 nitrogen and oxygen atoms in total. The van der Waals surface area contributed by atoms with Crippen molar-refractivity contribution in [2.75, 3.05) is 0 Å². The Morgan fingerprint density at radius 2 is 2.38 bits per heavy atom. The Balaban J connectivity index is 2.10. The van der Waals surface area contributed by atoms with E-state index < -0.39 is 11.0 Å². The summed E-state index contributed by atoms with van der Waals surface area (Å²) in [7, 11) is -0.866. The van der Waals surface area contributed by atoms with Crippen LogP contribution in [0.5, 0.6) is 0 Å². The molecule has 1 atom stereocenters. The molecule has 5 heteroatoms. The van der Waals surface area contributed by atoms with Crippen molar-refractivity contribution in [1.29, 1.82) is 0 Å². The molecule has 1 N–H and O–H groups in total. The van der Waals surface area contributed by atoms with Gasteiger partial charge in [-0.3, -0.25) is 5.10 Å². The Kier molecular flexibility index (Phi) is 2.21. The first kappa shape index (κ1) is 8.90. The Morgan fingerprint density at radius 1 is 1.62 bits per heavy atom. The van der Waals surface area contributed by atoms with E-state index in [1.54, 1.807) is 0 Å². The maximum Gasteiger partial charge on any atom is 0.0975 e. The second-order valence-electron chi connectivity index (χ2n) is 3.50. The molecule has 1 aliphatic rings. The van der Waals surface area contributed by atoms with Crippen molar-refractivity contribution in [3.8, 4) is 0 Å². The van der Waals surface area contributed by atoms with Crippen LogP contribution >= 0.6 is 0 Å². The molecule has 1 aliphatic heterocycles. The number of rotatable bonds is 2. The van der Waals surface area contributed by atoms with Crippen LogP contribution in [0, 0.1) is 0 Å². The van der Waals surface area contributed by atoms with Gasteiger partial charge < -0.3 is 0 Å². The summed E-state index contributed by atoms with van der Waals surface area (Å²) in [6.07, 6.45) is 1.81. The Morgan fingerprint density at radius 3 is 3.00 bits per heavy atom. The third-order valence-corrected chi connectivity index (χ3v) is 3.72. The molecule has 0 bridgehead atoms. The van der Waals surface area contributed by atoms with Crippen molar-refractivity contribution in [1.82, 2.24) is 14.5 Å². The van der Waals surface area contributed by atoms with Gasteiger partial charge in [-0.1, -0.05) is 0 Å². The number of H-pyrrole nitrogens is 1. The topological polar surface area (TPSA) is 49.0 Å². The summed E-state index contributed by atoms with van der Waals surface area (Å²) in [5.74, 6) is 0. The predicted molar refractivity (Wildman–Crippen MR) is 51.1 cm³/mol. The van der Waals surface area contributed by atoms with Gasteiger partial charge in [0.1, 0.15) is 0 Å². The van der Waals surface area contributed by atoms with Gasteiger partial charge in [0.15, 0.2) is 0 Å². The summed E-state index contributed by atoms with van der Waals surface area (Å²) < 4.78 is 13.7. The van der Waals surface area contributed by atoms with Crippen LogP contribution in [-0.4, -0.2) is 24.0 Å². The summed E-state index contributed by atoms with van der Waals surface area (Å²) in [5, 5.41) is 7.04. The highest BCUT2D eigenvalue weighted by molar-refractivity contribution is 7.83. The Labute approximate surface area is 79.9 Å². The zero-order valence-corrected chi connectivity index (χ0v) is 8.60. The summed E-state index contributed by atoms with van der Waals surface area (Å²) in [4.78, 5) is 0. The molecule has 1 unspecified atom stereocenters. The van der Waals surface area contributed by atoms with Crippen LogP contribution < -0.4 is 0 Å². The molecule has 0 amide bonds. The summed E-state index contributed by atoms with van der Waals surface area (Å²) in [5.41, 5.74) is 2.28. The number of hydrogen-bond donors (Lipinski definition) is 1. The average Bonchev–Trinajstić information content (AvgIpc) is 2.59. The molecule has 0 aromatic carbocycles. The highest BCUT2D eigenvalue weighted by Crippen LogP contribution is 2.22. The SMILES string of the molecule is CC(C)S(=O)N1Cc2cn[nH]c2C1. The van der Waals surface area contributed by atoms with E-state index in [0.717, 1.165) is 18.8 Å². The number of nitrogens with zero attached hydrogens (tertiary/aromatic N) is 2. The molecule has 0 aliphatic carbocycles. The molecule has 1 aromatic rings. The highest BCUT2D eigenvalue weighted by atomic mass is 32.2. The van der Waals surface area contributed by atoms with Gasteiger partial charge in [-0.05, 0) is 13.8 Å². The third-order valence-electron chi connectivity index (χ3n) is 2.15. The van der Waals surface area contributed by atoms with Crippen molar-refractivity contribution < 1.29 is 4.21 Å². The molecule has 2 heterocycles. The van der Waals surface area contributed by atoms with Crippen molar-refractivity contribution in [2.24, 2.45) is 0 Å². The van der Waals surface area contributed by atoms with Crippen molar-refractivity contribution in [3.63, 3.8) is 0 Å². The summed E-state index contributed by atoms with van der Waals surface area (Å²) in [6, 6.07) is 0. The fraction of sp³-hybridized carbons (Fsp3) is 0.625. The van der Waals surface area contributed by atoms with E-state index in [2.05, 4.69) is 10.2 Å². The van der Waals surface area contributed by atoms with Gasteiger partial charge in [-0.2, -0.15) is 5.10 Å². The first-order chi connectivity index (χ1) is 6.18. The smallest absolute Gasteiger partial charge is 0.0975 e. The molecular formula is C8H13N3OS. The second kappa shape index (κ2) is 3.23. The minimum absolute atomic E-state index is 0.192. The maximum atomic E-state index is 11.7. The molecule has 0 saturated heterocycles. The van der Waals surface area contributed by atoms with Crippen molar-refractivity contribution >= 4 is 11.0 Å². The lowest BCUT2D eigenvalue weighted by Crippen LogP contribution is -2.26. The molecule has 0 radical (unpaired) electrons. The van der Waals surface area contributed by atoms with Gasteiger partial charge in [0.25, 0.3) is 0 Å². The zero-order chi connectivity index (χ0) is 9.42. The van der Waals surface area contributed by atoms with E-state index in [4.69, 9.17) is 0 Å². The van der Waals surface area contributed by atoms with Gasteiger partial charge in [0, 0.05) is 17.4 Å². The highest BCUT2D eigenvalue weighted by Gasteiger charge is 2.25. The number of fused-ring (bicyclic) bond motifs is 1. The van der Waals surface area contributed by atoms with Crippen LogP contribution in [0.2, 0.25) is 0 Å². The lowest BCUT2D eigenvalue weighted by atomic mass is 10.3. The largest absolute Gasteiger partial charge is 0.281 e. The van der Waals surface area contributed by atoms with Crippen molar-refractivity contribution in [3.05, 3.63) is 17.5 Å². The summed E-state index contributed by atoms with van der Waals surface area (Å²) >= 11 is 0. The van der Waals surface area contributed by atoms with E-state index in [1.807, 2.05) is 24.3 Å². The number of nitrogens with one attached hydrogen (secondary N) is 1. The second-order valence-corrected chi connectivity index (χ2v) is 5.51. The molecule has 1 aromatic heterocycles.